The number of likely N-dealkylation sites (tertiary alicyclic amines) is 1. The molecule has 0 saturated carbocycles. The lowest BCUT2D eigenvalue weighted by Crippen LogP contribution is -2.44. The maximum atomic E-state index is 11.7. The lowest BCUT2D eigenvalue weighted by Gasteiger charge is -2.34. The summed E-state index contributed by atoms with van der Waals surface area (Å²) in [5, 5.41) is 5.82. The monoisotopic (exact) mass is 289 g/mol. The minimum atomic E-state index is -0.0861. The van der Waals surface area contributed by atoms with Gasteiger partial charge in [-0.25, -0.2) is 4.79 Å². The largest absolute Gasteiger partial charge is 0.337 e. The van der Waals surface area contributed by atoms with Crippen molar-refractivity contribution in [2.24, 2.45) is 11.8 Å². The summed E-state index contributed by atoms with van der Waals surface area (Å²) in [5.74, 6) is 1.53. The molecule has 1 aromatic carbocycles. The first-order valence-electron chi connectivity index (χ1n) is 7.91. The Labute approximate surface area is 127 Å². The van der Waals surface area contributed by atoms with Crippen molar-refractivity contribution >= 4 is 6.03 Å². The van der Waals surface area contributed by atoms with Crippen LogP contribution in [0.4, 0.5) is 4.79 Å². The van der Waals surface area contributed by atoms with E-state index in [0.29, 0.717) is 13.1 Å². The van der Waals surface area contributed by atoms with Gasteiger partial charge < -0.3 is 15.5 Å². The zero-order chi connectivity index (χ0) is 15.1. The van der Waals surface area contributed by atoms with E-state index in [1.54, 1.807) is 0 Å². The molecule has 4 nitrogen and oxygen atoms in total. The molecule has 2 amide bonds. The van der Waals surface area contributed by atoms with Gasteiger partial charge >= 0.3 is 6.03 Å². The predicted octanol–water partition coefficient (Wildman–Crippen LogP) is 2.46. The maximum Gasteiger partial charge on any atom is 0.315 e. The van der Waals surface area contributed by atoms with Gasteiger partial charge in [-0.3, -0.25) is 0 Å². The van der Waals surface area contributed by atoms with Crippen LogP contribution in [0.2, 0.25) is 0 Å². The molecule has 2 rings (SSSR count). The van der Waals surface area contributed by atoms with Crippen LogP contribution in [-0.4, -0.2) is 37.1 Å². The number of urea groups is 1. The van der Waals surface area contributed by atoms with Gasteiger partial charge in [0.2, 0.25) is 0 Å². The number of carbonyl (C=O) groups excluding carboxylic acids is 1. The van der Waals surface area contributed by atoms with Crippen molar-refractivity contribution in [2.45, 2.75) is 26.8 Å². The van der Waals surface area contributed by atoms with Crippen LogP contribution in [0.3, 0.4) is 0 Å². The van der Waals surface area contributed by atoms with Gasteiger partial charge in [-0.2, -0.15) is 0 Å². The van der Waals surface area contributed by atoms with Crippen LogP contribution in [0.1, 0.15) is 25.8 Å². The van der Waals surface area contributed by atoms with Crippen molar-refractivity contribution in [1.29, 1.82) is 0 Å². The molecule has 1 aliphatic heterocycles. The minimum Gasteiger partial charge on any atom is -0.337 e. The van der Waals surface area contributed by atoms with E-state index < -0.39 is 0 Å². The SMILES string of the molecule is C[C@@H]1C[C@@H](C)CN(CCNC(=O)NCc2ccccc2)C1. The summed E-state index contributed by atoms with van der Waals surface area (Å²) in [7, 11) is 0. The first-order valence-corrected chi connectivity index (χ1v) is 7.91. The highest BCUT2D eigenvalue weighted by Crippen LogP contribution is 2.20. The standard InChI is InChI=1S/C17H27N3O/c1-14-10-15(2)13-20(12-14)9-8-18-17(21)19-11-16-6-4-3-5-7-16/h3-7,14-15H,8-13H2,1-2H3,(H2,18,19,21)/t14-,15-/m1/s1. The first kappa shape index (κ1) is 15.8. The Hall–Kier alpha value is -1.55. The summed E-state index contributed by atoms with van der Waals surface area (Å²) in [6.07, 6.45) is 1.32. The number of amides is 2. The third-order valence-corrected chi connectivity index (χ3v) is 3.95. The Morgan fingerprint density at radius 3 is 2.48 bits per heavy atom. The molecular formula is C17H27N3O. The van der Waals surface area contributed by atoms with Crippen molar-refractivity contribution < 1.29 is 4.79 Å². The molecule has 0 aliphatic carbocycles. The fraction of sp³-hybridized carbons (Fsp3) is 0.588. The highest BCUT2D eigenvalue weighted by Gasteiger charge is 2.21. The van der Waals surface area contributed by atoms with Crippen LogP contribution in [0.15, 0.2) is 30.3 Å². The highest BCUT2D eigenvalue weighted by atomic mass is 16.2. The zero-order valence-electron chi connectivity index (χ0n) is 13.1. The molecule has 0 radical (unpaired) electrons. The second kappa shape index (κ2) is 8.03. The Bertz CT molecular complexity index is 425. The number of piperidine rings is 1. The van der Waals surface area contributed by atoms with Gasteiger partial charge in [0.05, 0.1) is 0 Å². The molecule has 1 aliphatic rings. The predicted molar refractivity (Wildman–Crippen MR) is 86.1 cm³/mol. The average Bonchev–Trinajstić information content (AvgIpc) is 2.45. The van der Waals surface area contributed by atoms with E-state index >= 15 is 0 Å². The summed E-state index contributed by atoms with van der Waals surface area (Å²) in [4.78, 5) is 14.2. The Balaban J connectivity index is 1.61. The molecule has 21 heavy (non-hydrogen) atoms. The third kappa shape index (κ3) is 5.76. The van der Waals surface area contributed by atoms with Gasteiger partial charge in [-0.1, -0.05) is 44.2 Å². The second-order valence-corrected chi connectivity index (χ2v) is 6.30. The van der Waals surface area contributed by atoms with Crippen LogP contribution in [0, 0.1) is 11.8 Å². The molecule has 0 aromatic heterocycles. The summed E-state index contributed by atoms with van der Waals surface area (Å²) in [5.41, 5.74) is 1.12. The molecule has 0 unspecified atom stereocenters. The average molecular weight is 289 g/mol. The van der Waals surface area contributed by atoms with Crippen LogP contribution >= 0.6 is 0 Å². The Morgan fingerprint density at radius 1 is 1.14 bits per heavy atom. The fourth-order valence-electron chi connectivity index (χ4n) is 3.14. The van der Waals surface area contributed by atoms with Crippen molar-refractivity contribution in [1.82, 2.24) is 15.5 Å². The number of carbonyl (C=O) groups is 1. The van der Waals surface area contributed by atoms with E-state index in [-0.39, 0.29) is 6.03 Å². The highest BCUT2D eigenvalue weighted by molar-refractivity contribution is 5.73. The molecule has 0 spiro atoms. The van der Waals surface area contributed by atoms with E-state index in [9.17, 15) is 4.79 Å². The maximum absolute atomic E-state index is 11.7. The Kier molecular flexibility index (Phi) is 6.05. The lowest BCUT2D eigenvalue weighted by molar-refractivity contribution is 0.142. The van der Waals surface area contributed by atoms with Crippen molar-refractivity contribution in [2.75, 3.05) is 26.2 Å². The molecule has 1 heterocycles. The molecule has 1 saturated heterocycles. The second-order valence-electron chi connectivity index (χ2n) is 6.30. The van der Waals surface area contributed by atoms with Crippen molar-refractivity contribution in [3.05, 3.63) is 35.9 Å². The van der Waals surface area contributed by atoms with Gasteiger partial charge in [-0.15, -0.1) is 0 Å². The van der Waals surface area contributed by atoms with E-state index in [1.807, 2.05) is 30.3 Å². The van der Waals surface area contributed by atoms with E-state index in [2.05, 4.69) is 29.4 Å². The smallest absolute Gasteiger partial charge is 0.315 e. The Morgan fingerprint density at radius 2 is 1.81 bits per heavy atom. The van der Waals surface area contributed by atoms with Crippen molar-refractivity contribution in [3.63, 3.8) is 0 Å². The lowest BCUT2D eigenvalue weighted by atomic mass is 9.92. The summed E-state index contributed by atoms with van der Waals surface area (Å²) in [6, 6.07) is 9.87. The molecule has 2 atom stereocenters. The first-order chi connectivity index (χ1) is 10.1. The van der Waals surface area contributed by atoms with E-state index in [1.165, 1.54) is 6.42 Å². The van der Waals surface area contributed by atoms with Gasteiger partial charge in [0.25, 0.3) is 0 Å². The summed E-state index contributed by atoms with van der Waals surface area (Å²) < 4.78 is 0. The minimum absolute atomic E-state index is 0.0861. The van der Waals surface area contributed by atoms with Gasteiger partial charge in [0.15, 0.2) is 0 Å². The van der Waals surface area contributed by atoms with Gasteiger partial charge in [0, 0.05) is 32.7 Å². The molecule has 1 fully saturated rings. The fourth-order valence-corrected chi connectivity index (χ4v) is 3.14. The van der Waals surface area contributed by atoms with Gasteiger partial charge in [-0.05, 0) is 23.8 Å². The van der Waals surface area contributed by atoms with Gasteiger partial charge in [0.1, 0.15) is 0 Å². The number of nitrogens with zero attached hydrogens (tertiary/aromatic N) is 1. The number of rotatable bonds is 5. The molecule has 4 heteroatoms. The van der Waals surface area contributed by atoms with Crippen LogP contribution in [-0.2, 0) is 6.54 Å². The normalized spacial score (nSPS) is 22.8. The quantitative estimate of drug-likeness (QED) is 0.874. The van der Waals surface area contributed by atoms with E-state index in [0.717, 1.165) is 37.0 Å². The van der Waals surface area contributed by atoms with Crippen LogP contribution in [0.25, 0.3) is 0 Å². The molecular weight excluding hydrogens is 262 g/mol. The van der Waals surface area contributed by atoms with Crippen molar-refractivity contribution in [3.8, 4) is 0 Å². The summed E-state index contributed by atoms with van der Waals surface area (Å²) in [6.45, 7) is 9.14. The third-order valence-electron chi connectivity index (χ3n) is 3.95. The molecule has 0 bridgehead atoms. The van der Waals surface area contributed by atoms with Crippen LogP contribution < -0.4 is 10.6 Å². The molecule has 2 N–H and O–H groups in total. The number of nitrogens with one attached hydrogen (secondary N) is 2. The number of hydrogen-bond donors (Lipinski definition) is 2. The molecule has 116 valence electrons. The van der Waals surface area contributed by atoms with Crippen LogP contribution in [0.5, 0.6) is 0 Å². The zero-order valence-corrected chi connectivity index (χ0v) is 13.1. The number of benzene rings is 1. The topological polar surface area (TPSA) is 44.4 Å². The summed E-state index contributed by atoms with van der Waals surface area (Å²) >= 11 is 0. The van der Waals surface area contributed by atoms with E-state index in [4.69, 9.17) is 0 Å². The molecule has 1 aromatic rings. The number of hydrogen-bond acceptors (Lipinski definition) is 2.